The van der Waals surface area contributed by atoms with Crippen molar-refractivity contribution in [3.8, 4) is 11.3 Å². The van der Waals surface area contributed by atoms with E-state index in [0.717, 1.165) is 6.26 Å². The van der Waals surface area contributed by atoms with E-state index in [0.29, 0.717) is 22.0 Å². The maximum atomic E-state index is 11.7. The highest BCUT2D eigenvalue weighted by atomic mass is 35.5. The fraction of sp³-hybridized carbons (Fsp3) is 0.0833. The van der Waals surface area contributed by atoms with Crippen molar-refractivity contribution in [1.29, 1.82) is 0 Å². The van der Waals surface area contributed by atoms with Gasteiger partial charge in [0.1, 0.15) is 0 Å². The number of aromatic nitrogens is 1. The Morgan fingerprint density at radius 1 is 1.28 bits per heavy atom. The third-order valence-corrected chi connectivity index (χ3v) is 3.85. The molecule has 1 aromatic carbocycles. The number of rotatable bonds is 2. The molecule has 2 rings (SSSR count). The maximum Gasteiger partial charge on any atom is 0.176 e. The summed E-state index contributed by atoms with van der Waals surface area (Å²) in [7, 11) is -3.34. The lowest BCUT2D eigenvalue weighted by Crippen LogP contribution is -2.01. The van der Waals surface area contributed by atoms with Gasteiger partial charge in [-0.2, -0.15) is 0 Å². The van der Waals surface area contributed by atoms with Crippen LogP contribution >= 0.6 is 11.6 Å². The van der Waals surface area contributed by atoms with E-state index in [-0.39, 0.29) is 4.90 Å². The first-order chi connectivity index (χ1) is 8.39. The molecule has 0 fully saturated rings. The smallest absolute Gasteiger partial charge is 0.176 e. The summed E-state index contributed by atoms with van der Waals surface area (Å²) >= 11 is 6.05. The van der Waals surface area contributed by atoms with E-state index < -0.39 is 9.84 Å². The molecule has 0 saturated heterocycles. The van der Waals surface area contributed by atoms with E-state index >= 15 is 0 Å². The Morgan fingerprint density at radius 2 is 1.94 bits per heavy atom. The van der Waals surface area contributed by atoms with E-state index in [9.17, 15) is 8.42 Å². The average Bonchev–Trinajstić information content (AvgIpc) is 2.28. The van der Waals surface area contributed by atoms with Crippen LogP contribution in [0.1, 0.15) is 0 Å². The van der Waals surface area contributed by atoms with Crippen molar-refractivity contribution in [3.63, 3.8) is 0 Å². The highest BCUT2D eigenvalue weighted by Crippen LogP contribution is 2.31. The van der Waals surface area contributed by atoms with Gasteiger partial charge in [0.2, 0.25) is 0 Å². The maximum absolute atomic E-state index is 11.7. The molecule has 6 heteroatoms. The van der Waals surface area contributed by atoms with Crippen LogP contribution in [-0.4, -0.2) is 19.7 Å². The number of hydrogen-bond donors (Lipinski definition) is 1. The van der Waals surface area contributed by atoms with Gasteiger partial charge >= 0.3 is 0 Å². The van der Waals surface area contributed by atoms with Crippen LogP contribution in [0.5, 0.6) is 0 Å². The number of halogens is 1. The zero-order valence-electron chi connectivity index (χ0n) is 9.59. The van der Waals surface area contributed by atoms with Gasteiger partial charge in [0.25, 0.3) is 0 Å². The van der Waals surface area contributed by atoms with Crippen molar-refractivity contribution in [2.75, 3.05) is 12.0 Å². The molecule has 0 spiro atoms. The molecule has 1 aromatic heterocycles. The molecule has 2 aromatic rings. The van der Waals surface area contributed by atoms with E-state index in [1.54, 1.807) is 24.3 Å². The van der Waals surface area contributed by atoms with Gasteiger partial charge in [-0.25, -0.2) is 8.42 Å². The third-order valence-electron chi connectivity index (χ3n) is 2.40. The van der Waals surface area contributed by atoms with Crippen molar-refractivity contribution >= 4 is 27.1 Å². The number of nitrogen functional groups attached to an aromatic ring is 1. The molecule has 0 aliphatic carbocycles. The zero-order valence-corrected chi connectivity index (χ0v) is 11.2. The molecule has 1 heterocycles. The quantitative estimate of drug-likeness (QED) is 0.918. The zero-order chi connectivity index (χ0) is 13.3. The molecule has 94 valence electrons. The molecule has 4 nitrogen and oxygen atoms in total. The summed E-state index contributed by atoms with van der Waals surface area (Å²) in [5.74, 6) is 0. The van der Waals surface area contributed by atoms with Gasteiger partial charge in [-0.05, 0) is 12.1 Å². The van der Waals surface area contributed by atoms with Crippen molar-refractivity contribution in [2.24, 2.45) is 0 Å². The molecule has 0 atom stereocenters. The first-order valence-corrected chi connectivity index (χ1v) is 7.37. The molecule has 2 N–H and O–H groups in total. The molecular formula is C12H11ClN2O2S. The van der Waals surface area contributed by atoms with Gasteiger partial charge in [-0.3, -0.25) is 4.98 Å². The summed E-state index contributed by atoms with van der Waals surface area (Å²) in [5.41, 5.74) is 6.88. The van der Waals surface area contributed by atoms with E-state index in [1.807, 2.05) is 0 Å². The molecule has 0 amide bonds. The number of benzene rings is 1. The Labute approximate surface area is 110 Å². The Balaban J connectivity index is 2.72. The van der Waals surface area contributed by atoms with Crippen LogP contribution in [-0.2, 0) is 9.84 Å². The molecule has 0 bridgehead atoms. The van der Waals surface area contributed by atoms with Gasteiger partial charge in [0.05, 0.1) is 27.5 Å². The number of nitrogens with two attached hydrogens (primary N) is 1. The summed E-state index contributed by atoms with van der Waals surface area (Å²) in [6, 6.07) is 8.13. The lowest BCUT2D eigenvalue weighted by atomic mass is 10.1. The Hall–Kier alpha value is -1.59. The number of nitrogens with zero attached hydrogens (tertiary/aromatic N) is 1. The van der Waals surface area contributed by atoms with Crippen LogP contribution < -0.4 is 5.73 Å². The van der Waals surface area contributed by atoms with Crippen molar-refractivity contribution < 1.29 is 8.42 Å². The van der Waals surface area contributed by atoms with E-state index in [4.69, 9.17) is 17.3 Å². The van der Waals surface area contributed by atoms with Crippen molar-refractivity contribution in [1.82, 2.24) is 4.98 Å². The predicted octanol–water partition coefficient (Wildman–Crippen LogP) is 2.39. The summed E-state index contributed by atoms with van der Waals surface area (Å²) in [4.78, 5) is 4.30. The molecule has 0 aliphatic rings. The summed E-state index contributed by atoms with van der Waals surface area (Å²) in [6.45, 7) is 0. The third kappa shape index (κ3) is 2.47. The van der Waals surface area contributed by atoms with Gasteiger partial charge < -0.3 is 5.73 Å². The molecule has 0 saturated carbocycles. The summed E-state index contributed by atoms with van der Waals surface area (Å²) < 4.78 is 23.4. The minimum atomic E-state index is -3.34. The fourth-order valence-corrected chi connectivity index (χ4v) is 2.80. The Kier molecular flexibility index (Phi) is 3.28. The molecule has 0 aliphatic heterocycles. The van der Waals surface area contributed by atoms with Crippen LogP contribution in [0.4, 0.5) is 5.69 Å². The number of hydrogen-bond acceptors (Lipinski definition) is 4. The second-order valence-corrected chi connectivity index (χ2v) is 6.26. The number of anilines is 1. The van der Waals surface area contributed by atoms with Crippen LogP contribution in [0.2, 0.25) is 5.02 Å². The Morgan fingerprint density at radius 3 is 2.56 bits per heavy atom. The standard InChI is InChI=1S/C12H11ClN2O2S/c1-18(16,17)11-5-3-2-4-9(11)12-10(13)6-8(14)7-15-12/h2-7H,14H2,1H3. The molecule has 0 radical (unpaired) electrons. The molecule has 18 heavy (non-hydrogen) atoms. The van der Waals surface area contributed by atoms with Crippen LogP contribution in [0, 0.1) is 0 Å². The highest BCUT2D eigenvalue weighted by Gasteiger charge is 2.16. The minimum absolute atomic E-state index is 0.198. The fourth-order valence-electron chi connectivity index (χ4n) is 1.64. The average molecular weight is 283 g/mol. The van der Waals surface area contributed by atoms with Gasteiger partial charge in [-0.1, -0.05) is 29.8 Å². The second kappa shape index (κ2) is 4.59. The Bertz CT molecular complexity index is 699. The number of pyridine rings is 1. The largest absolute Gasteiger partial charge is 0.397 e. The van der Waals surface area contributed by atoms with Gasteiger partial charge in [0, 0.05) is 11.8 Å². The first-order valence-electron chi connectivity index (χ1n) is 5.10. The number of sulfone groups is 1. The molecule has 0 unspecified atom stereocenters. The normalized spacial score (nSPS) is 11.4. The van der Waals surface area contributed by atoms with Crippen LogP contribution in [0.25, 0.3) is 11.3 Å². The highest BCUT2D eigenvalue weighted by molar-refractivity contribution is 7.90. The van der Waals surface area contributed by atoms with Gasteiger partial charge in [-0.15, -0.1) is 0 Å². The summed E-state index contributed by atoms with van der Waals surface area (Å²) in [5, 5.41) is 0.325. The second-order valence-electron chi connectivity index (χ2n) is 3.87. The lowest BCUT2D eigenvalue weighted by Gasteiger charge is -2.09. The van der Waals surface area contributed by atoms with Crippen molar-refractivity contribution in [3.05, 3.63) is 41.6 Å². The summed E-state index contributed by atoms with van der Waals surface area (Å²) in [6.07, 6.45) is 2.59. The first kappa shape index (κ1) is 12.9. The van der Waals surface area contributed by atoms with Gasteiger partial charge in [0.15, 0.2) is 9.84 Å². The molecular weight excluding hydrogens is 272 g/mol. The van der Waals surface area contributed by atoms with Crippen LogP contribution in [0.15, 0.2) is 41.4 Å². The van der Waals surface area contributed by atoms with E-state index in [2.05, 4.69) is 4.98 Å². The van der Waals surface area contributed by atoms with E-state index in [1.165, 1.54) is 12.3 Å². The SMILES string of the molecule is CS(=O)(=O)c1ccccc1-c1ncc(N)cc1Cl. The topological polar surface area (TPSA) is 73.0 Å². The van der Waals surface area contributed by atoms with Crippen LogP contribution in [0.3, 0.4) is 0 Å². The lowest BCUT2D eigenvalue weighted by molar-refractivity contribution is 0.602. The monoisotopic (exact) mass is 282 g/mol. The van der Waals surface area contributed by atoms with Crippen molar-refractivity contribution in [2.45, 2.75) is 4.90 Å². The minimum Gasteiger partial charge on any atom is -0.397 e. The predicted molar refractivity (Wildman–Crippen MR) is 72.2 cm³/mol.